The fraction of sp³-hybridized carbons (Fsp3) is 0.286. The molecule has 0 saturated heterocycles. The van der Waals surface area contributed by atoms with Gasteiger partial charge in [-0.25, -0.2) is 9.02 Å². The second-order valence-electron chi connectivity index (χ2n) is 5.21. The van der Waals surface area contributed by atoms with Gasteiger partial charge in [0, 0.05) is 26.3 Å². The number of nitrogens with one attached hydrogen (secondary N) is 2. The second-order valence-corrected chi connectivity index (χ2v) is 6.55. The molecule has 0 unspecified atom stereocenters. The molecule has 0 radical (unpaired) electrons. The highest BCUT2D eigenvalue weighted by molar-refractivity contribution is 14.1. The van der Waals surface area contributed by atoms with Crippen LogP contribution in [0.25, 0.3) is 0 Å². The van der Waals surface area contributed by atoms with Crippen molar-refractivity contribution >= 4 is 62.1 Å². The number of anilines is 2. The molecule has 1 heterocycles. The topological polar surface area (TPSA) is 117 Å². The maximum atomic E-state index is 13.4. The average Bonchev–Trinajstić information content (AvgIpc) is 3.07. The van der Waals surface area contributed by atoms with Gasteiger partial charge in [0.05, 0.1) is 33.9 Å². The van der Waals surface area contributed by atoms with E-state index in [1.165, 1.54) is 6.07 Å². The smallest absolute Gasteiger partial charge is 0.202 e. The van der Waals surface area contributed by atoms with E-state index < -0.39 is 0 Å². The van der Waals surface area contributed by atoms with Crippen LogP contribution < -0.4 is 16.4 Å². The fourth-order valence-corrected chi connectivity index (χ4v) is 2.50. The Bertz CT molecular complexity index is 810. The van der Waals surface area contributed by atoms with Gasteiger partial charge < -0.3 is 21.3 Å². The highest BCUT2D eigenvalue weighted by atomic mass is 127. The molecule has 0 atom stereocenters. The Morgan fingerprint density at radius 2 is 2.19 bits per heavy atom. The zero-order valence-electron chi connectivity index (χ0n) is 14.0. The van der Waals surface area contributed by atoms with Crippen LogP contribution in [0.2, 0.25) is 0 Å². The maximum Gasteiger partial charge on any atom is 0.202 e. The predicted molar refractivity (Wildman–Crippen MR) is 111 cm³/mol. The van der Waals surface area contributed by atoms with Gasteiger partial charge in [-0.05, 0) is 44.4 Å². The molecule has 0 fully saturated rings. The van der Waals surface area contributed by atoms with Crippen LogP contribution >= 0.6 is 38.8 Å². The summed E-state index contributed by atoms with van der Waals surface area (Å²) in [5.41, 5.74) is 6.75. The number of rotatable bonds is 6. The number of nitrogens with two attached hydrogens (primary N) is 1. The van der Waals surface area contributed by atoms with Gasteiger partial charge in [-0.2, -0.15) is 3.21 Å². The Balaban J connectivity index is 2.04. The first-order valence-electron chi connectivity index (χ1n) is 7.37. The standard InChI is InChI=1S/C14H17BrFIN8O/c1-25(2)14(18)20-6-5-19-12-11(23-26-24-12)13(22-17)21-8-3-4-10(16)9(15)7-8/h3-4,7H,5-6H2,1-2H3,(H2,18,20)(H,19,24)(H,21,22). The molecule has 12 heteroatoms. The Labute approximate surface area is 171 Å². The number of hydrogen-bond acceptors (Lipinski definition) is 6. The lowest BCUT2D eigenvalue weighted by Crippen LogP contribution is -2.31. The monoisotopic (exact) mass is 538 g/mol. The molecule has 0 saturated carbocycles. The normalized spacial score (nSPS) is 12.2. The second kappa shape index (κ2) is 9.66. The number of halogens is 3. The Kier molecular flexibility index (Phi) is 7.56. The van der Waals surface area contributed by atoms with E-state index in [9.17, 15) is 4.39 Å². The molecule has 2 aromatic rings. The van der Waals surface area contributed by atoms with Crippen molar-refractivity contribution in [3.63, 3.8) is 0 Å². The Hall–Kier alpha value is -1.96. The van der Waals surface area contributed by atoms with E-state index >= 15 is 0 Å². The van der Waals surface area contributed by atoms with Crippen LogP contribution in [0.3, 0.4) is 0 Å². The first-order chi connectivity index (χ1) is 12.4. The van der Waals surface area contributed by atoms with Crippen molar-refractivity contribution in [1.82, 2.24) is 15.2 Å². The third-order valence-electron chi connectivity index (χ3n) is 3.12. The SMILES string of the molecule is CN(C)C(N)=NCCNc1nonc1C(=NI)Nc1ccc(F)c(Br)c1. The lowest BCUT2D eigenvalue weighted by molar-refractivity contribution is 0.308. The zero-order chi connectivity index (χ0) is 19.1. The molecule has 4 N–H and O–H groups in total. The van der Waals surface area contributed by atoms with Crippen LogP contribution in [-0.2, 0) is 0 Å². The van der Waals surface area contributed by atoms with Gasteiger partial charge >= 0.3 is 0 Å². The van der Waals surface area contributed by atoms with Crippen molar-refractivity contribution in [2.75, 3.05) is 37.8 Å². The van der Waals surface area contributed by atoms with Crippen molar-refractivity contribution in [2.45, 2.75) is 0 Å². The Morgan fingerprint density at radius 3 is 2.85 bits per heavy atom. The number of benzene rings is 1. The summed E-state index contributed by atoms with van der Waals surface area (Å²) in [4.78, 5) is 5.91. The molecule has 0 aliphatic carbocycles. The van der Waals surface area contributed by atoms with Crippen LogP contribution in [0.5, 0.6) is 0 Å². The summed E-state index contributed by atoms with van der Waals surface area (Å²) < 4.78 is 22.6. The molecule has 2 rings (SSSR count). The van der Waals surface area contributed by atoms with Gasteiger partial charge in [0.1, 0.15) is 5.82 Å². The maximum absolute atomic E-state index is 13.4. The summed E-state index contributed by atoms with van der Waals surface area (Å²) in [6.07, 6.45) is 0. The molecule has 140 valence electrons. The van der Waals surface area contributed by atoms with E-state index in [2.05, 4.69) is 45.1 Å². The summed E-state index contributed by atoms with van der Waals surface area (Å²) in [7, 11) is 3.63. The lowest BCUT2D eigenvalue weighted by Gasteiger charge is -2.10. The minimum Gasteiger partial charge on any atom is -0.370 e. The highest BCUT2D eigenvalue weighted by Gasteiger charge is 2.17. The Morgan fingerprint density at radius 1 is 1.42 bits per heavy atom. The zero-order valence-corrected chi connectivity index (χ0v) is 17.7. The number of aliphatic imine (C=N–C) groups is 1. The van der Waals surface area contributed by atoms with Crippen molar-refractivity contribution in [2.24, 2.45) is 13.9 Å². The van der Waals surface area contributed by atoms with Gasteiger partial charge in [-0.3, -0.25) is 4.99 Å². The van der Waals surface area contributed by atoms with E-state index in [0.29, 0.717) is 46.6 Å². The molecule has 0 aliphatic rings. The third-order valence-corrected chi connectivity index (χ3v) is 4.21. The van der Waals surface area contributed by atoms with Crippen molar-refractivity contribution in [1.29, 1.82) is 0 Å². The number of nitrogens with zero attached hydrogens (tertiary/aromatic N) is 5. The molecular weight excluding hydrogens is 522 g/mol. The van der Waals surface area contributed by atoms with Crippen LogP contribution in [0, 0.1) is 5.82 Å². The van der Waals surface area contributed by atoms with Crippen molar-refractivity contribution in [3.05, 3.63) is 34.2 Å². The van der Waals surface area contributed by atoms with Crippen LogP contribution in [0.4, 0.5) is 15.9 Å². The molecule has 1 aromatic carbocycles. The average molecular weight is 539 g/mol. The number of hydrogen-bond donors (Lipinski definition) is 3. The van der Waals surface area contributed by atoms with Gasteiger partial charge in [0.15, 0.2) is 17.5 Å². The largest absolute Gasteiger partial charge is 0.370 e. The molecule has 0 aliphatic heterocycles. The molecule has 0 amide bonds. The van der Waals surface area contributed by atoms with E-state index in [1.807, 2.05) is 37.0 Å². The molecule has 0 spiro atoms. The highest BCUT2D eigenvalue weighted by Crippen LogP contribution is 2.21. The molecule has 0 bridgehead atoms. The summed E-state index contributed by atoms with van der Waals surface area (Å²) in [5.74, 6) is 0.895. The molecule has 1 aromatic heterocycles. The summed E-state index contributed by atoms with van der Waals surface area (Å²) in [6, 6.07) is 4.52. The fourth-order valence-electron chi connectivity index (χ4n) is 1.78. The van der Waals surface area contributed by atoms with E-state index in [0.717, 1.165) is 0 Å². The molecule has 26 heavy (non-hydrogen) atoms. The van der Waals surface area contributed by atoms with Gasteiger partial charge in [0.2, 0.25) is 5.82 Å². The van der Waals surface area contributed by atoms with Crippen molar-refractivity contribution < 1.29 is 9.02 Å². The quantitative estimate of drug-likeness (QED) is 0.224. The number of amidine groups is 1. The van der Waals surface area contributed by atoms with Crippen LogP contribution in [0.1, 0.15) is 5.69 Å². The van der Waals surface area contributed by atoms with E-state index in [4.69, 9.17) is 10.4 Å². The van der Waals surface area contributed by atoms with Gasteiger partial charge in [-0.15, -0.1) is 0 Å². The van der Waals surface area contributed by atoms with Crippen LogP contribution in [0.15, 0.2) is 35.5 Å². The van der Waals surface area contributed by atoms with Crippen LogP contribution in [-0.4, -0.2) is 54.2 Å². The number of guanidine groups is 1. The lowest BCUT2D eigenvalue weighted by atomic mass is 10.3. The van der Waals surface area contributed by atoms with Crippen molar-refractivity contribution in [3.8, 4) is 0 Å². The minimum atomic E-state index is -0.355. The molecule has 9 nitrogen and oxygen atoms in total. The first kappa shape index (κ1) is 20.4. The summed E-state index contributed by atoms with van der Waals surface area (Å²) >= 11 is 4.97. The van der Waals surface area contributed by atoms with Gasteiger partial charge in [-0.1, -0.05) is 0 Å². The minimum absolute atomic E-state index is 0.336. The summed E-state index contributed by atoms with van der Waals surface area (Å²) in [5, 5.41) is 13.8. The predicted octanol–water partition coefficient (Wildman–Crippen LogP) is 2.47. The summed E-state index contributed by atoms with van der Waals surface area (Å²) in [6.45, 7) is 0.928. The van der Waals surface area contributed by atoms with E-state index in [1.54, 1.807) is 17.0 Å². The number of aromatic nitrogens is 2. The molecular formula is C14H17BrFIN8O. The third kappa shape index (κ3) is 5.52. The van der Waals surface area contributed by atoms with Gasteiger partial charge in [0.25, 0.3) is 0 Å². The first-order valence-corrected chi connectivity index (χ1v) is 9.13. The van der Waals surface area contributed by atoms with E-state index in [-0.39, 0.29) is 5.82 Å².